The molecule has 0 aromatic heterocycles. The summed E-state index contributed by atoms with van der Waals surface area (Å²) in [4.78, 5) is 14.8. The summed E-state index contributed by atoms with van der Waals surface area (Å²) in [5, 5.41) is 9.79. The van der Waals surface area contributed by atoms with E-state index in [9.17, 15) is 18.3 Å². The number of hydrogen-bond acceptors (Lipinski definition) is 7. The third-order valence-electron chi connectivity index (χ3n) is 6.47. The fourth-order valence-electron chi connectivity index (χ4n) is 4.36. The Morgan fingerprint density at radius 3 is 2.67 bits per heavy atom. The molecule has 2 aromatic rings. The molecule has 2 aromatic carbocycles. The zero-order valence-corrected chi connectivity index (χ0v) is 21.7. The highest BCUT2D eigenvalue weighted by molar-refractivity contribution is 7.89. The van der Waals surface area contributed by atoms with Crippen LogP contribution in [0.3, 0.4) is 0 Å². The summed E-state index contributed by atoms with van der Waals surface area (Å²) in [6.07, 6.45) is 3.21. The van der Waals surface area contributed by atoms with Gasteiger partial charge in [-0.3, -0.25) is 4.79 Å². The van der Waals surface area contributed by atoms with Crippen LogP contribution < -0.4 is 14.2 Å². The molecule has 0 spiro atoms. The second-order valence-electron chi connectivity index (χ2n) is 9.20. The number of amides is 1. The van der Waals surface area contributed by atoms with E-state index in [-0.39, 0.29) is 49.0 Å². The Kier molecular flexibility index (Phi) is 7.58. The lowest BCUT2D eigenvalue weighted by Gasteiger charge is -2.37. The van der Waals surface area contributed by atoms with Crippen molar-refractivity contribution in [3.05, 3.63) is 53.6 Å². The Labute approximate surface area is 211 Å². The molecule has 36 heavy (non-hydrogen) atoms. The molecule has 10 heteroatoms. The van der Waals surface area contributed by atoms with Gasteiger partial charge in [0.1, 0.15) is 16.7 Å². The highest BCUT2D eigenvalue weighted by Crippen LogP contribution is 2.35. The van der Waals surface area contributed by atoms with Crippen LogP contribution in [0.1, 0.15) is 36.7 Å². The number of carbonyl (C=O) groups is 1. The first-order valence-electron chi connectivity index (χ1n) is 11.9. The summed E-state index contributed by atoms with van der Waals surface area (Å²) in [5.41, 5.74) is 1.25. The maximum Gasteiger partial charge on any atom is 0.253 e. The van der Waals surface area contributed by atoms with Crippen molar-refractivity contribution in [2.75, 3.05) is 33.5 Å². The van der Waals surface area contributed by atoms with E-state index in [4.69, 9.17) is 14.2 Å². The summed E-state index contributed by atoms with van der Waals surface area (Å²) in [6.45, 7) is 5.60. The van der Waals surface area contributed by atoms with Gasteiger partial charge in [-0.25, -0.2) is 8.42 Å². The molecule has 0 radical (unpaired) electrons. The van der Waals surface area contributed by atoms with Gasteiger partial charge in [0.15, 0.2) is 11.5 Å². The summed E-state index contributed by atoms with van der Waals surface area (Å²) in [7, 11) is -2.23. The van der Waals surface area contributed by atoms with E-state index in [0.717, 1.165) is 5.56 Å². The average molecular weight is 517 g/mol. The van der Waals surface area contributed by atoms with Crippen LogP contribution in [-0.2, 0) is 10.0 Å². The molecule has 2 heterocycles. The number of aliphatic hydroxyl groups excluding tert-OH is 1. The number of benzene rings is 2. The van der Waals surface area contributed by atoms with Crippen molar-refractivity contribution in [1.82, 2.24) is 9.21 Å². The molecule has 1 amide bonds. The smallest absolute Gasteiger partial charge is 0.253 e. The summed E-state index contributed by atoms with van der Waals surface area (Å²) >= 11 is 0. The number of nitrogens with zero attached hydrogens (tertiary/aromatic N) is 2. The predicted octanol–water partition coefficient (Wildman–Crippen LogP) is 2.99. The van der Waals surface area contributed by atoms with Gasteiger partial charge in [0.05, 0.1) is 13.2 Å². The lowest BCUT2D eigenvalue weighted by molar-refractivity contribution is 0.0563. The van der Waals surface area contributed by atoms with E-state index in [0.29, 0.717) is 17.1 Å². The second-order valence-corrected chi connectivity index (χ2v) is 11.1. The number of sulfonamides is 1. The SMILES string of the molecule is C/C=C/c1ccc2c(c1)O[C@H](CN(C)C(=O)c1ccc3c(c1)OCO3)[C@H](C)CN([C@@H](C)CO)S2(=O)=O. The van der Waals surface area contributed by atoms with Gasteiger partial charge in [0.2, 0.25) is 16.8 Å². The molecule has 9 nitrogen and oxygen atoms in total. The van der Waals surface area contributed by atoms with E-state index in [1.807, 2.05) is 26.0 Å². The molecule has 4 rings (SSSR count). The third-order valence-corrected chi connectivity index (χ3v) is 8.49. The largest absolute Gasteiger partial charge is 0.487 e. The van der Waals surface area contributed by atoms with Crippen LogP contribution in [0.4, 0.5) is 0 Å². The van der Waals surface area contributed by atoms with Crippen LogP contribution >= 0.6 is 0 Å². The van der Waals surface area contributed by atoms with Crippen LogP contribution in [0.25, 0.3) is 6.08 Å². The zero-order valence-electron chi connectivity index (χ0n) is 20.9. The number of carbonyl (C=O) groups excluding carboxylic acids is 1. The monoisotopic (exact) mass is 516 g/mol. The second kappa shape index (κ2) is 10.5. The van der Waals surface area contributed by atoms with Crippen molar-refractivity contribution in [2.24, 2.45) is 5.92 Å². The third kappa shape index (κ3) is 5.07. The maximum atomic E-state index is 13.5. The number of ether oxygens (including phenoxy) is 3. The minimum Gasteiger partial charge on any atom is -0.487 e. The molecule has 0 aliphatic carbocycles. The van der Waals surface area contributed by atoms with E-state index in [1.54, 1.807) is 49.2 Å². The van der Waals surface area contributed by atoms with Gasteiger partial charge in [-0.1, -0.05) is 25.1 Å². The highest BCUT2D eigenvalue weighted by atomic mass is 32.2. The number of allylic oxidation sites excluding steroid dienone is 1. The predicted molar refractivity (Wildman–Crippen MR) is 135 cm³/mol. The molecule has 0 saturated heterocycles. The first-order chi connectivity index (χ1) is 17.1. The van der Waals surface area contributed by atoms with Gasteiger partial charge in [0, 0.05) is 31.1 Å². The molecular formula is C26H32N2O7S. The summed E-state index contributed by atoms with van der Waals surface area (Å²) in [6, 6.07) is 9.37. The summed E-state index contributed by atoms with van der Waals surface area (Å²) < 4.78 is 45.4. The molecule has 3 atom stereocenters. The van der Waals surface area contributed by atoms with Crippen molar-refractivity contribution >= 4 is 22.0 Å². The normalized spacial score (nSPS) is 21.8. The number of aliphatic hydroxyl groups is 1. The Balaban J connectivity index is 1.66. The number of likely N-dealkylation sites (N-methyl/N-ethyl adjacent to an activating group) is 1. The Morgan fingerprint density at radius 2 is 1.94 bits per heavy atom. The molecule has 0 saturated carbocycles. The molecule has 0 bridgehead atoms. The van der Waals surface area contributed by atoms with E-state index in [1.165, 1.54) is 10.4 Å². The van der Waals surface area contributed by atoms with Gasteiger partial charge in [0.25, 0.3) is 5.91 Å². The number of rotatable bonds is 6. The average Bonchev–Trinajstić information content (AvgIpc) is 3.33. The molecule has 0 fully saturated rings. The van der Waals surface area contributed by atoms with Crippen LogP contribution in [0.15, 0.2) is 47.4 Å². The molecule has 2 aliphatic heterocycles. The fourth-order valence-corrected chi connectivity index (χ4v) is 6.18. The minimum absolute atomic E-state index is 0.0395. The van der Waals surface area contributed by atoms with Crippen molar-refractivity contribution in [3.63, 3.8) is 0 Å². The highest BCUT2D eigenvalue weighted by Gasteiger charge is 2.38. The lowest BCUT2D eigenvalue weighted by atomic mass is 10.0. The number of fused-ring (bicyclic) bond motifs is 2. The van der Waals surface area contributed by atoms with E-state index in [2.05, 4.69) is 0 Å². The standard InChI is InChI=1S/C26H32N2O7S/c1-5-6-19-7-10-25-23(11-19)35-24(17(2)13-28(18(3)15-29)36(25,31)32)14-27(4)26(30)20-8-9-21-22(12-20)34-16-33-21/h5-12,17-18,24,29H,13-16H2,1-4H3/b6-5+/t17-,18+,24-/m1/s1. The Hall–Kier alpha value is -3.08. The van der Waals surface area contributed by atoms with Crippen LogP contribution in [0.5, 0.6) is 17.2 Å². The topological polar surface area (TPSA) is 106 Å². The zero-order chi connectivity index (χ0) is 26.0. The summed E-state index contributed by atoms with van der Waals surface area (Å²) in [5.74, 6) is 0.843. The Bertz CT molecular complexity index is 1260. The molecule has 194 valence electrons. The Morgan fingerprint density at radius 1 is 1.19 bits per heavy atom. The van der Waals surface area contributed by atoms with Gasteiger partial charge in [-0.2, -0.15) is 4.31 Å². The van der Waals surface area contributed by atoms with Gasteiger partial charge < -0.3 is 24.2 Å². The fraction of sp³-hybridized carbons (Fsp3) is 0.423. The minimum atomic E-state index is -3.92. The molecular weight excluding hydrogens is 484 g/mol. The van der Waals surface area contributed by atoms with Crippen LogP contribution in [0, 0.1) is 5.92 Å². The van der Waals surface area contributed by atoms with E-state index >= 15 is 0 Å². The van der Waals surface area contributed by atoms with Crippen molar-refractivity contribution < 1.29 is 32.5 Å². The van der Waals surface area contributed by atoms with Gasteiger partial charge >= 0.3 is 0 Å². The lowest BCUT2D eigenvalue weighted by Crippen LogP contribution is -2.50. The molecule has 2 aliphatic rings. The molecule has 0 unspecified atom stereocenters. The van der Waals surface area contributed by atoms with Crippen molar-refractivity contribution in [1.29, 1.82) is 0 Å². The van der Waals surface area contributed by atoms with E-state index < -0.39 is 22.2 Å². The first-order valence-corrected chi connectivity index (χ1v) is 13.3. The van der Waals surface area contributed by atoms with Crippen LogP contribution in [0.2, 0.25) is 0 Å². The number of hydrogen-bond donors (Lipinski definition) is 1. The van der Waals surface area contributed by atoms with Crippen LogP contribution in [-0.4, -0.2) is 74.3 Å². The quantitative estimate of drug-likeness (QED) is 0.629. The van der Waals surface area contributed by atoms with Gasteiger partial charge in [-0.05, 0) is 49.7 Å². The van der Waals surface area contributed by atoms with Crippen molar-refractivity contribution in [2.45, 2.75) is 37.8 Å². The van der Waals surface area contributed by atoms with Gasteiger partial charge in [-0.15, -0.1) is 0 Å². The first kappa shape index (κ1) is 26.0. The maximum absolute atomic E-state index is 13.5. The van der Waals surface area contributed by atoms with Crippen molar-refractivity contribution in [3.8, 4) is 17.2 Å². The molecule has 1 N–H and O–H groups in total.